The fourth-order valence-electron chi connectivity index (χ4n) is 5.13. The van der Waals surface area contributed by atoms with E-state index < -0.39 is 6.10 Å². The zero-order chi connectivity index (χ0) is 25.4. The molecule has 1 N–H and O–H groups in total. The van der Waals surface area contributed by atoms with Gasteiger partial charge in [-0.2, -0.15) is 4.98 Å². The lowest BCUT2D eigenvalue weighted by Crippen LogP contribution is -2.47. The van der Waals surface area contributed by atoms with Gasteiger partial charge >= 0.3 is 0 Å². The van der Waals surface area contributed by atoms with E-state index in [1.54, 1.807) is 18.2 Å². The van der Waals surface area contributed by atoms with Gasteiger partial charge in [0.15, 0.2) is 17.7 Å². The van der Waals surface area contributed by atoms with Gasteiger partial charge in [-0.15, -0.1) is 0 Å². The van der Waals surface area contributed by atoms with Crippen LogP contribution in [0.2, 0.25) is 0 Å². The Balaban J connectivity index is 1.27. The molecule has 8 heteroatoms. The molecular weight excluding hydrogens is 466 g/mol. The molecule has 2 fully saturated rings. The lowest BCUT2D eigenvalue weighted by atomic mass is 9.99. The van der Waals surface area contributed by atoms with Crippen LogP contribution in [0.4, 0.5) is 23.1 Å². The molecule has 1 unspecified atom stereocenters. The van der Waals surface area contributed by atoms with E-state index in [0.29, 0.717) is 24.1 Å². The Bertz CT molecular complexity index is 1270. The zero-order valence-corrected chi connectivity index (χ0v) is 21.4. The summed E-state index contributed by atoms with van der Waals surface area (Å²) < 4.78 is 11.8. The number of rotatable bonds is 7. The highest BCUT2D eigenvalue weighted by molar-refractivity contribution is 5.99. The van der Waals surface area contributed by atoms with Crippen molar-refractivity contribution in [2.75, 3.05) is 35.3 Å². The quantitative estimate of drug-likeness (QED) is 0.480. The van der Waals surface area contributed by atoms with Crippen molar-refractivity contribution in [3.8, 4) is 11.5 Å². The van der Waals surface area contributed by atoms with Crippen LogP contribution in [-0.4, -0.2) is 42.2 Å². The molecule has 1 saturated heterocycles. The maximum Gasteiger partial charge on any atom is 0.269 e. The summed E-state index contributed by atoms with van der Waals surface area (Å²) in [5.41, 5.74) is 2.96. The van der Waals surface area contributed by atoms with Crippen LogP contribution in [0, 0.1) is 11.8 Å². The van der Waals surface area contributed by atoms with Gasteiger partial charge in [0.25, 0.3) is 5.91 Å². The molecule has 37 heavy (non-hydrogen) atoms. The van der Waals surface area contributed by atoms with E-state index in [1.807, 2.05) is 36.4 Å². The van der Waals surface area contributed by atoms with Gasteiger partial charge in [-0.25, -0.2) is 4.98 Å². The predicted octanol–water partition coefficient (Wildman–Crippen LogP) is 5.17. The number of anilines is 4. The van der Waals surface area contributed by atoms with Crippen LogP contribution in [0.3, 0.4) is 0 Å². The monoisotopic (exact) mass is 499 g/mol. The molecule has 0 radical (unpaired) electrons. The lowest BCUT2D eigenvalue weighted by Gasteiger charge is -2.33. The van der Waals surface area contributed by atoms with Gasteiger partial charge in [-0.1, -0.05) is 37.3 Å². The Kier molecular flexibility index (Phi) is 6.32. The summed E-state index contributed by atoms with van der Waals surface area (Å²) in [5.74, 6) is 3.14. The van der Waals surface area contributed by atoms with Crippen molar-refractivity contribution in [2.45, 2.75) is 45.3 Å². The highest BCUT2D eigenvalue weighted by atomic mass is 16.5. The van der Waals surface area contributed by atoms with Crippen molar-refractivity contribution in [2.24, 2.45) is 11.8 Å². The van der Waals surface area contributed by atoms with Crippen LogP contribution >= 0.6 is 0 Å². The maximum absolute atomic E-state index is 13.4. The van der Waals surface area contributed by atoms with E-state index in [2.05, 4.69) is 34.3 Å². The summed E-state index contributed by atoms with van der Waals surface area (Å²) in [6, 6.07) is 16.1. The summed E-state index contributed by atoms with van der Waals surface area (Å²) in [6.45, 7) is 4.85. The van der Waals surface area contributed by atoms with Crippen LogP contribution in [0.25, 0.3) is 0 Å². The molecule has 2 aromatic carbocycles. The third kappa shape index (κ3) is 4.92. The fraction of sp³-hybridized carbons (Fsp3) is 0.414. The van der Waals surface area contributed by atoms with Crippen LogP contribution in [-0.2, 0) is 11.3 Å². The molecule has 0 spiro atoms. The number of benzene rings is 2. The lowest BCUT2D eigenvalue weighted by molar-refractivity contribution is -0.127. The Morgan fingerprint density at radius 2 is 1.86 bits per heavy atom. The molecule has 1 atom stereocenters. The Morgan fingerprint density at radius 1 is 1.08 bits per heavy atom. The molecule has 1 aromatic heterocycles. The minimum absolute atomic E-state index is 0.0405. The number of amides is 1. The van der Waals surface area contributed by atoms with E-state index in [9.17, 15) is 4.79 Å². The van der Waals surface area contributed by atoms with Crippen molar-refractivity contribution >= 4 is 29.0 Å². The maximum atomic E-state index is 13.4. The SMILES string of the molecule is COc1cc(N2CCC(C)CC2)ccc1Nc1ncc2c(n1)N(Cc1ccccc1)C(=O)C(C1CC1)O2. The van der Waals surface area contributed by atoms with E-state index in [0.717, 1.165) is 54.5 Å². The van der Waals surface area contributed by atoms with Gasteiger partial charge in [-0.3, -0.25) is 9.69 Å². The standard InChI is InChI=1S/C29H33N5O3/c1-19-12-14-33(15-13-19)22-10-11-23(24(16-22)36-2)31-29-30-17-25-27(32-29)34(18-20-6-4-3-5-7-20)28(35)26(37-25)21-8-9-21/h3-7,10-11,16-17,19,21,26H,8-9,12-15,18H2,1-2H3,(H,30,31,32). The summed E-state index contributed by atoms with van der Waals surface area (Å²) >= 11 is 0. The highest BCUT2D eigenvalue weighted by Gasteiger charge is 2.45. The molecule has 1 saturated carbocycles. The van der Waals surface area contributed by atoms with Gasteiger partial charge in [-0.05, 0) is 49.3 Å². The minimum atomic E-state index is -0.468. The van der Waals surface area contributed by atoms with Gasteiger partial charge < -0.3 is 19.7 Å². The number of carbonyl (C=O) groups is 1. The molecule has 8 nitrogen and oxygen atoms in total. The molecule has 3 heterocycles. The molecule has 1 amide bonds. The topological polar surface area (TPSA) is 79.8 Å². The summed E-state index contributed by atoms with van der Waals surface area (Å²) in [5, 5.41) is 3.30. The second kappa shape index (κ2) is 9.92. The summed E-state index contributed by atoms with van der Waals surface area (Å²) in [6.07, 6.45) is 5.62. The first kappa shape index (κ1) is 23.6. The Labute approximate surface area is 217 Å². The minimum Gasteiger partial charge on any atom is -0.494 e. The Hall–Kier alpha value is -3.81. The van der Waals surface area contributed by atoms with Gasteiger partial charge in [0.1, 0.15) is 5.75 Å². The van der Waals surface area contributed by atoms with Crippen molar-refractivity contribution in [1.82, 2.24) is 9.97 Å². The molecule has 2 aliphatic heterocycles. The van der Waals surface area contributed by atoms with Crippen LogP contribution in [0.5, 0.6) is 11.5 Å². The molecular formula is C29H33N5O3. The van der Waals surface area contributed by atoms with Crippen molar-refractivity contribution in [3.63, 3.8) is 0 Å². The first-order valence-electron chi connectivity index (χ1n) is 13.2. The average Bonchev–Trinajstić information content (AvgIpc) is 3.77. The molecule has 192 valence electrons. The molecule has 0 bridgehead atoms. The second-order valence-corrected chi connectivity index (χ2v) is 10.3. The average molecular weight is 500 g/mol. The number of nitrogens with one attached hydrogen (secondary N) is 1. The molecule has 3 aliphatic rings. The van der Waals surface area contributed by atoms with Crippen molar-refractivity contribution in [1.29, 1.82) is 0 Å². The second-order valence-electron chi connectivity index (χ2n) is 10.3. The third-order valence-corrected chi connectivity index (χ3v) is 7.57. The number of nitrogens with zero attached hydrogens (tertiary/aromatic N) is 4. The smallest absolute Gasteiger partial charge is 0.269 e. The van der Waals surface area contributed by atoms with Crippen molar-refractivity contribution < 1.29 is 14.3 Å². The fourth-order valence-corrected chi connectivity index (χ4v) is 5.13. The third-order valence-electron chi connectivity index (χ3n) is 7.57. The van der Waals surface area contributed by atoms with Crippen LogP contribution in [0.1, 0.15) is 38.2 Å². The predicted molar refractivity (Wildman–Crippen MR) is 144 cm³/mol. The van der Waals surface area contributed by atoms with Gasteiger partial charge in [0.05, 0.1) is 25.5 Å². The zero-order valence-electron chi connectivity index (χ0n) is 21.4. The van der Waals surface area contributed by atoms with Crippen molar-refractivity contribution in [3.05, 3.63) is 60.3 Å². The van der Waals surface area contributed by atoms with Crippen LogP contribution < -0.4 is 24.6 Å². The number of carbonyl (C=O) groups excluding carboxylic acids is 1. The van der Waals surface area contributed by atoms with Gasteiger partial charge in [0, 0.05) is 30.8 Å². The number of fused-ring (bicyclic) bond motifs is 1. The number of piperidine rings is 1. The van der Waals surface area contributed by atoms with E-state index >= 15 is 0 Å². The van der Waals surface area contributed by atoms with Crippen LogP contribution in [0.15, 0.2) is 54.7 Å². The largest absolute Gasteiger partial charge is 0.494 e. The Morgan fingerprint density at radius 3 is 2.59 bits per heavy atom. The number of hydrogen-bond acceptors (Lipinski definition) is 7. The first-order valence-corrected chi connectivity index (χ1v) is 13.2. The van der Waals surface area contributed by atoms with E-state index in [-0.39, 0.29) is 11.8 Å². The van der Waals surface area contributed by atoms with Gasteiger partial charge in [0.2, 0.25) is 5.95 Å². The number of aromatic nitrogens is 2. The molecule has 6 rings (SSSR count). The van der Waals surface area contributed by atoms with E-state index in [4.69, 9.17) is 14.5 Å². The summed E-state index contributed by atoms with van der Waals surface area (Å²) in [4.78, 5) is 26.8. The van der Waals surface area contributed by atoms with E-state index in [1.165, 1.54) is 12.8 Å². The summed E-state index contributed by atoms with van der Waals surface area (Å²) in [7, 11) is 1.67. The number of methoxy groups -OCH3 is 1. The highest BCUT2D eigenvalue weighted by Crippen LogP contribution is 2.42. The first-order chi connectivity index (χ1) is 18.1. The molecule has 3 aromatic rings. The normalized spacial score (nSPS) is 19.8. The molecule has 1 aliphatic carbocycles. The number of hydrogen-bond donors (Lipinski definition) is 1. The number of ether oxygens (including phenoxy) is 2.